The predicted octanol–water partition coefficient (Wildman–Crippen LogP) is 1.32. The van der Waals surface area contributed by atoms with Gasteiger partial charge < -0.3 is 19.9 Å². The van der Waals surface area contributed by atoms with Crippen LogP contribution in [0.2, 0.25) is 0 Å². The fraction of sp³-hybridized carbons (Fsp3) is 0.375. The Morgan fingerprint density at radius 1 is 1.27 bits per heavy atom. The Balaban J connectivity index is 2.40. The van der Waals surface area contributed by atoms with Gasteiger partial charge in [0.05, 0.1) is 13.2 Å². The number of aliphatic carboxylic acids is 1. The molecule has 0 aromatic heterocycles. The molecule has 0 aliphatic heterocycles. The summed E-state index contributed by atoms with van der Waals surface area (Å²) in [6.07, 6.45) is 3.74. The number of methoxy groups -OCH3 is 1. The Morgan fingerprint density at radius 3 is 2.64 bits per heavy atom. The first kappa shape index (κ1) is 17.9. The van der Waals surface area contributed by atoms with E-state index in [4.69, 9.17) is 14.6 Å². The summed E-state index contributed by atoms with van der Waals surface area (Å²) >= 11 is 0. The summed E-state index contributed by atoms with van der Waals surface area (Å²) in [5.74, 6) is -1.54. The van der Waals surface area contributed by atoms with E-state index < -0.39 is 17.9 Å². The van der Waals surface area contributed by atoms with Gasteiger partial charge >= 0.3 is 5.97 Å². The zero-order valence-corrected chi connectivity index (χ0v) is 12.5. The van der Waals surface area contributed by atoms with E-state index in [-0.39, 0.29) is 19.6 Å². The number of ether oxygens (including phenoxy) is 2. The molecule has 2 N–H and O–H groups in total. The van der Waals surface area contributed by atoms with E-state index in [0.29, 0.717) is 6.61 Å². The van der Waals surface area contributed by atoms with Gasteiger partial charge in [-0.05, 0) is 12.0 Å². The van der Waals surface area contributed by atoms with Crippen molar-refractivity contribution in [2.45, 2.75) is 12.5 Å². The van der Waals surface area contributed by atoms with Crippen LogP contribution in [0.5, 0.6) is 0 Å². The quantitative estimate of drug-likeness (QED) is 0.637. The van der Waals surface area contributed by atoms with Crippen molar-refractivity contribution >= 4 is 18.0 Å². The molecule has 1 rings (SSSR count). The first-order valence-corrected chi connectivity index (χ1v) is 6.94. The van der Waals surface area contributed by atoms with E-state index in [2.05, 4.69) is 5.32 Å². The highest BCUT2D eigenvalue weighted by Crippen LogP contribution is 2.03. The van der Waals surface area contributed by atoms with Crippen LogP contribution in [0, 0.1) is 0 Å². The van der Waals surface area contributed by atoms with Crippen molar-refractivity contribution in [1.82, 2.24) is 5.32 Å². The maximum Gasteiger partial charge on any atom is 0.326 e. The van der Waals surface area contributed by atoms with Gasteiger partial charge in [0.25, 0.3) is 0 Å². The third-order valence-electron chi connectivity index (χ3n) is 2.78. The lowest BCUT2D eigenvalue weighted by Crippen LogP contribution is -2.42. The predicted molar refractivity (Wildman–Crippen MR) is 82.4 cm³/mol. The Morgan fingerprint density at radius 2 is 2.00 bits per heavy atom. The van der Waals surface area contributed by atoms with Gasteiger partial charge in [0, 0.05) is 7.11 Å². The van der Waals surface area contributed by atoms with Crippen LogP contribution in [0.25, 0.3) is 6.08 Å². The van der Waals surface area contributed by atoms with Gasteiger partial charge in [-0.2, -0.15) is 0 Å². The van der Waals surface area contributed by atoms with Gasteiger partial charge in [-0.15, -0.1) is 0 Å². The molecule has 0 fully saturated rings. The van der Waals surface area contributed by atoms with E-state index in [1.807, 2.05) is 36.4 Å². The third kappa shape index (κ3) is 7.56. The van der Waals surface area contributed by atoms with Gasteiger partial charge in [-0.25, -0.2) is 4.79 Å². The van der Waals surface area contributed by atoms with Crippen LogP contribution < -0.4 is 5.32 Å². The van der Waals surface area contributed by atoms with Gasteiger partial charge in [0.2, 0.25) is 5.91 Å². The van der Waals surface area contributed by atoms with Gasteiger partial charge in [0.15, 0.2) is 0 Å². The fourth-order valence-electron chi connectivity index (χ4n) is 1.67. The largest absolute Gasteiger partial charge is 0.480 e. The minimum Gasteiger partial charge on any atom is -0.480 e. The molecule has 120 valence electrons. The minimum absolute atomic E-state index is 0.185. The summed E-state index contributed by atoms with van der Waals surface area (Å²) in [4.78, 5) is 22.7. The standard InChI is InChI=1S/C16H21NO5/c1-21-10-11-22-12-15(18)17-14(16(19)20)9-5-8-13-6-3-2-4-7-13/h2-8,14H,9-12H2,1H3,(H,17,18)(H,19,20)/b8-5+/t14-/m1/s1. The van der Waals surface area contributed by atoms with Crippen LogP contribution in [0.1, 0.15) is 12.0 Å². The highest BCUT2D eigenvalue weighted by Gasteiger charge is 2.18. The van der Waals surface area contributed by atoms with Crippen LogP contribution in [0.15, 0.2) is 36.4 Å². The third-order valence-corrected chi connectivity index (χ3v) is 2.78. The second-order valence-corrected chi connectivity index (χ2v) is 4.55. The van der Waals surface area contributed by atoms with Crippen molar-refractivity contribution in [1.29, 1.82) is 0 Å². The molecule has 0 spiro atoms. The first-order chi connectivity index (χ1) is 10.6. The van der Waals surface area contributed by atoms with Gasteiger partial charge in [-0.3, -0.25) is 4.79 Å². The van der Waals surface area contributed by atoms with Gasteiger partial charge in [-0.1, -0.05) is 42.5 Å². The Bertz CT molecular complexity index is 487. The normalized spacial score (nSPS) is 12.2. The Kier molecular flexibility index (Phi) is 8.56. The second-order valence-electron chi connectivity index (χ2n) is 4.55. The zero-order chi connectivity index (χ0) is 16.2. The number of benzene rings is 1. The van der Waals surface area contributed by atoms with Crippen molar-refractivity contribution in [3.8, 4) is 0 Å². The minimum atomic E-state index is -1.08. The molecule has 0 saturated carbocycles. The summed E-state index contributed by atoms with van der Waals surface area (Å²) < 4.78 is 9.82. The molecule has 0 aliphatic carbocycles. The average molecular weight is 307 g/mol. The number of nitrogens with one attached hydrogen (secondary N) is 1. The molecule has 1 atom stereocenters. The lowest BCUT2D eigenvalue weighted by atomic mass is 10.1. The zero-order valence-electron chi connectivity index (χ0n) is 12.5. The molecule has 0 saturated heterocycles. The van der Waals surface area contributed by atoms with Crippen molar-refractivity contribution in [2.24, 2.45) is 0 Å². The SMILES string of the molecule is COCCOCC(=O)N[C@H](C/C=C/c1ccccc1)C(=O)O. The van der Waals surface area contributed by atoms with E-state index in [0.717, 1.165) is 5.56 Å². The van der Waals surface area contributed by atoms with E-state index in [9.17, 15) is 9.59 Å². The molecule has 0 heterocycles. The molecule has 1 aromatic rings. The number of hydrogen-bond acceptors (Lipinski definition) is 4. The molecule has 0 bridgehead atoms. The van der Waals surface area contributed by atoms with Crippen LogP contribution in [-0.2, 0) is 19.1 Å². The summed E-state index contributed by atoms with van der Waals surface area (Å²) in [7, 11) is 1.53. The monoisotopic (exact) mass is 307 g/mol. The van der Waals surface area contributed by atoms with Gasteiger partial charge in [0.1, 0.15) is 12.6 Å². The smallest absolute Gasteiger partial charge is 0.326 e. The summed E-state index contributed by atoms with van der Waals surface area (Å²) in [6, 6.07) is 8.55. The maximum absolute atomic E-state index is 11.6. The van der Waals surface area contributed by atoms with Crippen LogP contribution in [0.3, 0.4) is 0 Å². The number of carboxylic acids is 1. The molecule has 1 amide bonds. The molecule has 0 radical (unpaired) electrons. The summed E-state index contributed by atoms with van der Waals surface area (Å²) in [6.45, 7) is 0.487. The maximum atomic E-state index is 11.6. The number of carboxylic acid groups (broad SMARTS) is 1. The summed E-state index contributed by atoms with van der Waals surface area (Å²) in [5, 5.41) is 11.5. The number of carbonyl (C=O) groups excluding carboxylic acids is 1. The highest BCUT2D eigenvalue weighted by atomic mass is 16.5. The van der Waals surface area contributed by atoms with Crippen LogP contribution in [-0.4, -0.2) is 50.0 Å². The van der Waals surface area contributed by atoms with Crippen molar-refractivity contribution in [3.63, 3.8) is 0 Å². The first-order valence-electron chi connectivity index (χ1n) is 6.94. The van der Waals surface area contributed by atoms with Crippen molar-refractivity contribution in [2.75, 3.05) is 26.9 Å². The van der Waals surface area contributed by atoms with Crippen LogP contribution in [0.4, 0.5) is 0 Å². The molecule has 22 heavy (non-hydrogen) atoms. The lowest BCUT2D eigenvalue weighted by Gasteiger charge is -2.12. The molecule has 0 aliphatic rings. The van der Waals surface area contributed by atoms with E-state index in [1.165, 1.54) is 7.11 Å². The molecular weight excluding hydrogens is 286 g/mol. The lowest BCUT2D eigenvalue weighted by molar-refractivity contribution is -0.142. The van der Waals surface area contributed by atoms with Crippen molar-refractivity contribution in [3.05, 3.63) is 42.0 Å². The fourth-order valence-corrected chi connectivity index (χ4v) is 1.67. The van der Waals surface area contributed by atoms with E-state index in [1.54, 1.807) is 6.08 Å². The van der Waals surface area contributed by atoms with E-state index >= 15 is 0 Å². The number of amides is 1. The van der Waals surface area contributed by atoms with Crippen LogP contribution >= 0.6 is 0 Å². The Hall–Kier alpha value is -2.18. The van der Waals surface area contributed by atoms with Crippen molar-refractivity contribution < 1.29 is 24.2 Å². The number of carbonyl (C=O) groups is 2. The highest BCUT2D eigenvalue weighted by molar-refractivity contribution is 5.84. The average Bonchev–Trinajstić information content (AvgIpc) is 2.51. The molecule has 1 aromatic carbocycles. The molecule has 6 nitrogen and oxygen atoms in total. The Labute approximate surface area is 129 Å². The molecule has 6 heteroatoms. The summed E-state index contributed by atoms with van der Waals surface area (Å²) in [5.41, 5.74) is 0.973. The number of rotatable bonds is 10. The second kappa shape index (κ2) is 10.5. The molecular formula is C16H21NO5. The topological polar surface area (TPSA) is 84.9 Å². The molecule has 0 unspecified atom stereocenters. The number of hydrogen-bond donors (Lipinski definition) is 2.